The van der Waals surface area contributed by atoms with E-state index in [0.717, 1.165) is 40.1 Å². The van der Waals surface area contributed by atoms with Crippen LogP contribution in [-0.4, -0.2) is 32.8 Å². The molecule has 0 aliphatic heterocycles. The smallest absolute Gasteiger partial charge is 0.269 e. The van der Waals surface area contributed by atoms with Crippen LogP contribution >= 0.6 is 11.6 Å². The van der Waals surface area contributed by atoms with Crippen LogP contribution in [0.3, 0.4) is 0 Å². The number of nitrogens with zero attached hydrogens (tertiary/aromatic N) is 2. The van der Waals surface area contributed by atoms with Crippen molar-refractivity contribution in [2.24, 2.45) is 5.73 Å². The molecule has 7 nitrogen and oxygen atoms in total. The first-order valence-electron chi connectivity index (χ1n) is 11.9. The highest BCUT2D eigenvalue weighted by molar-refractivity contribution is 6.34. The Kier molecular flexibility index (Phi) is 6.65. The fraction of sp³-hybridized carbons (Fsp3) is 0.138. The van der Waals surface area contributed by atoms with Crippen molar-refractivity contribution in [3.63, 3.8) is 0 Å². The number of halogens is 1. The maximum absolute atomic E-state index is 12.9. The second-order valence-electron chi connectivity index (χ2n) is 8.95. The molecule has 0 bridgehead atoms. The first kappa shape index (κ1) is 24.5. The van der Waals surface area contributed by atoms with Gasteiger partial charge < -0.3 is 16.2 Å². The van der Waals surface area contributed by atoms with Crippen LogP contribution in [0.5, 0.6) is 0 Å². The maximum Gasteiger partial charge on any atom is 0.269 e. The Balaban J connectivity index is 1.56. The van der Waals surface area contributed by atoms with Gasteiger partial charge in [-0.3, -0.25) is 9.59 Å². The third-order valence-corrected chi connectivity index (χ3v) is 6.64. The monoisotopic (exact) mass is 512 g/mol. The van der Waals surface area contributed by atoms with Gasteiger partial charge in [0.25, 0.3) is 11.8 Å². The minimum absolute atomic E-state index is 0.240. The number of hydrogen-bond acceptors (Lipinski definition) is 4. The number of aromatic nitrogens is 2. The summed E-state index contributed by atoms with van der Waals surface area (Å²) in [7, 11) is 0. The van der Waals surface area contributed by atoms with Crippen molar-refractivity contribution in [1.82, 2.24) is 9.78 Å². The summed E-state index contributed by atoms with van der Waals surface area (Å²) in [6, 6.07) is 20.2. The van der Waals surface area contributed by atoms with E-state index in [4.69, 9.17) is 17.3 Å². The number of nitrogens with two attached hydrogens (primary N) is 1. The van der Waals surface area contributed by atoms with Crippen LogP contribution in [0.4, 0.5) is 5.69 Å². The van der Waals surface area contributed by atoms with Crippen molar-refractivity contribution >= 4 is 35.2 Å². The summed E-state index contributed by atoms with van der Waals surface area (Å²) >= 11 is 6.20. The quantitative estimate of drug-likeness (QED) is 0.336. The van der Waals surface area contributed by atoms with Crippen LogP contribution in [0.1, 0.15) is 44.5 Å². The number of nitrogens with one attached hydrogen (secondary N) is 1. The zero-order valence-electron chi connectivity index (χ0n) is 20.1. The summed E-state index contributed by atoms with van der Waals surface area (Å²) in [6.45, 7) is 1.69. The van der Waals surface area contributed by atoms with E-state index < -0.39 is 12.0 Å². The Morgan fingerprint density at radius 3 is 2.57 bits per heavy atom. The van der Waals surface area contributed by atoms with Crippen molar-refractivity contribution in [1.29, 1.82) is 0 Å². The molecule has 1 heterocycles. The van der Waals surface area contributed by atoms with Crippen LogP contribution in [0.15, 0.2) is 72.8 Å². The lowest BCUT2D eigenvalue weighted by atomic mass is 9.88. The molecule has 3 aromatic carbocycles. The van der Waals surface area contributed by atoms with E-state index in [2.05, 4.69) is 10.4 Å². The maximum atomic E-state index is 12.9. The Morgan fingerprint density at radius 1 is 1.11 bits per heavy atom. The highest BCUT2D eigenvalue weighted by Gasteiger charge is 2.28. The Bertz CT molecular complexity index is 1540. The van der Waals surface area contributed by atoms with E-state index in [0.29, 0.717) is 22.7 Å². The van der Waals surface area contributed by atoms with E-state index >= 15 is 0 Å². The number of aryl methyl sites for hydroxylation is 1. The molecule has 1 unspecified atom stereocenters. The third-order valence-electron chi connectivity index (χ3n) is 6.31. The molecule has 1 aromatic heterocycles. The summed E-state index contributed by atoms with van der Waals surface area (Å²) < 4.78 is 1.73. The summed E-state index contributed by atoms with van der Waals surface area (Å²) in [6.07, 6.45) is 4.34. The second kappa shape index (κ2) is 10.0. The normalized spacial score (nSPS) is 13.2. The molecule has 1 aliphatic carbocycles. The molecule has 2 amide bonds. The van der Waals surface area contributed by atoms with Crippen LogP contribution < -0.4 is 11.1 Å². The van der Waals surface area contributed by atoms with Gasteiger partial charge in [-0.15, -0.1) is 0 Å². The number of aliphatic hydroxyl groups excluding tert-OH is 1. The highest BCUT2D eigenvalue weighted by atomic mass is 35.5. The predicted octanol–water partition coefficient (Wildman–Crippen LogP) is 5.04. The molecule has 0 radical (unpaired) electrons. The van der Waals surface area contributed by atoms with Crippen molar-refractivity contribution in [2.45, 2.75) is 25.9 Å². The van der Waals surface area contributed by atoms with Gasteiger partial charge in [-0.2, -0.15) is 5.10 Å². The fourth-order valence-electron chi connectivity index (χ4n) is 4.52. The molecule has 0 saturated carbocycles. The summed E-state index contributed by atoms with van der Waals surface area (Å²) in [4.78, 5) is 25.1. The molecule has 4 aromatic rings. The minimum Gasteiger partial charge on any atom is -0.389 e. The number of primary amides is 1. The van der Waals surface area contributed by atoms with E-state index in [1.807, 2.05) is 48.5 Å². The van der Waals surface area contributed by atoms with Crippen molar-refractivity contribution in [3.8, 4) is 16.9 Å². The van der Waals surface area contributed by atoms with Crippen molar-refractivity contribution < 1.29 is 14.7 Å². The molecule has 1 atom stereocenters. The molecule has 5 rings (SSSR count). The molecule has 37 heavy (non-hydrogen) atoms. The molecule has 0 saturated heterocycles. The van der Waals surface area contributed by atoms with E-state index in [1.165, 1.54) is 0 Å². The number of anilines is 1. The number of benzene rings is 3. The van der Waals surface area contributed by atoms with Gasteiger partial charge in [-0.1, -0.05) is 54.1 Å². The van der Waals surface area contributed by atoms with Gasteiger partial charge in [0.15, 0.2) is 5.69 Å². The first-order valence-corrected chi connectivity index (χ1v) is 12.3. The Labute approximate surface area is 219 Å². The Morgan fingerprint density at radius 2 is 1.86 bits per heavy atom. The van der Waals surface area contributed by atoms with Gasteiger partial charge >= 0.3 is 0 Å². The minimum atomic E-state index is -0.585. The number of carbonyl (C=O) groups excluding carboxylic acids is 2. The number of rotatable bonds is 6. The largest absolute Gasteiger partial charge is 0.389 e. The molecular formula is C29H25ClN4O3. The number of fused-ring (bicyclic) bond motifs is 3. The fourth-order valence-corrected chi connectivity index (χ4v) is 4.74. The van der Waals surface area contributed by atoms with Crippen LogP contribution in [0, 0.1) is 0 Å². The van der Waals surface area contributed by atoms with Gasteiger partial charge in [-0.05, 0) is 67.3 Å². The molecule has 1 aliphatic rings. The van der Waals surface area contributed by atoms with E-state index in [-0.39, 0.29) is 11.6 Å². The lowest BCUT2D eigenvalue weighted by Crippen LogP contribution is -2.15. The molecule has 0 spiro atoms. The van der Waals surface area contributed by atoms with E-state index in [9.17, 15) is 14.7 Å². The van der Waals surface area contributed by atoms with E-state index in [1.54, 1.807) is 41.9 Å². The number of carbonyl (C=O) groups is 2. The van der Waals surface area contributed by atoms with Crippen LogP contribution in [0.25, 0.3) is 23.0 Å². The predicted molar refractivity (Wildman–Crippen MR) is 145 cm³/mol. The standard InChI is InChI=1S/C29H25ClN4O3/c1-17(35)6-7-18-8-13-21(14-9-18)34-27-23(26(33-34)28(31)36)15-11-19-10-12-20(16-24(19)27)32-29(37)22-4-2-3-5-25(22)30/h2-10,12-14,16-17,35H,11,15H2,1H3,(H2,31,36)(H,32,37)/b7-6+. The molecule has 186 valence electrons. The topological polar surface area (TPSA) is 110 Å². The first-order chi connectivity index (χ1) is 17.8. The Hall–Kier alpha value is -4.20. The molecule has 4 N–H and O–H groups in total. The number of aliphatic hydroxyl groups is 1. The molecule has 0 fully saturated rings. The zero-order valence-corrected chi connectivity index (χ0v) is 20.9. The lowest BCUT2D eigenvalue weighted by molar-refractivity contribution is 0.0992. The summed E-state index contributed by atoms with van der Waals surface area (Å²) in [5.74, 6) is -0.896. The zero-order chi connectivity index (χ0) is 26.1. The van der Waals surface area contributed by atoms with Crippen molar-refractivity contribution in [2.75, 3.05) is 5.32 Å². The van der Waals surface area contributed by atoms with Gasteiger partial charge in [0.1, 0.15) is 0 Å². The number of amides is 2. The van der Waals surface area contributed by atoms with Gasteiger partial charge in [0.05, 0.1) is 28.1 Å². The summed E-state index contributed by atoms with van der Waals surface area (Å²) in [5.41, 5.74) is 12.1. The van der Waals surface area contributed by atoms with Gasteiger partial charge in [0, 0.05) is 16.8 Å². The highest BCUT2D eigenvalue weighted by Crippen LogP contribution is 2.38. The number of hydrogen-bond donors (Lipinski definition) is 3. The van der Waals surface area contributed by atoms with Crippen LogP contribution in [-0.2, 0) is 12.8 Å². The average molecular weight is 513 g/mol. The molecular weight excluding hydrogens is 488 g/mol. The third kappa shape index (κ3) is 4.91. The summed E-state index contributed by atoms with van der Waals surface area (Å²) in [5, 5.41) is 17.4. The lowest BCUT2D eigenvalue weighted by Gasteiger charge is -2.20. The van der Waals surface area contributed by atoms with Gasteiger partial charge in [-0.25, -0.2) is 4.68 Å². The van der Waals surface area contributed by atoms with Crippen molar-refractivity contribution in [3.05, 3.63) is 106 Å². The second-order valence-corrected chi connectivity index (χ2v) is 9.36. The van der Waals surface area contributed by atoms with Crippen LogP contribution in [0.2, 0.25) is 5.02 Å². The molecule has 8 heteroatoms. The van der Waals surface area contributed by atoms with Gasteiger partial charge in [0.2, 0.25) is 0 Å². The average Bonchev–Trinajstić information content (AvgIpc) is 3.28. The SMILES string of the molecule is CC(O)/C=C/c1ccc(-n2nc(C(N)=O)c3c2-c2cc(NC(=O)c4ccccc4Cl)ccc2CC3)cc1.